The minimum atomic E-state index is 0.160. The number of hydrogen-bond acceptors (Lipinski definition) is 2. The summed E-state index contributed by atoms with van der Waals surface area (Å²) in [5.41, 5.74) is 3.52. The number of amides is 1. The van der Waals surface area contributed by atoms with Crippen molar-refractivity contribution < 1.29 is 4.79 Å². The third-order valence-corrected chi connectivity index (χ3v) is 4.21. The van der Waals surface area contributed by atoms with Gasteiger partial charge in [-0.25, -0.2) is 0 Å². The molecule has 0 aromatic heterocycles. The Bertz CT molecular complexity index is 428. The maximum Gasteiger partial charge on any atom is 0.224 e. The number of nitrogens with one attached hydrogen (secondary N) is 2. The van der Waals surface area contributed by atoms with E-state index in [1.807, 2.05) is 0 Å². The Morgan fingerprint density at radius 2 is 2.00 bits per heavy atom. The molecular formula is C17H26N2O. The average molecular weight is 274 g/mol. The molecule has 0 aliphatic carbocycles. The van der Waals surface area contributed by atoms with E-state index in [1.54, 1.807) is 0 Å². The van der Waals surface area contributed by atoms with Crippen molar-refractivity contribution in [3.05, 3.63) is 29.3 Å². The van der Waals surface area contributed by atoms with Crippen LogP contribution in [-0.2, 0) is 17.6 Å². The van der Waals surface area contributed by atoms with Gasteiger partial charge in [0.05, 0.1) is 0 Å². The second-order valence-electron chi connectivity index (χ2n) is 5.60. The summed E-state index contributed by atoms with van der Waals surface area (Å²) in [5.74, 6) is 0.834. The lowest BCUT2D eigenvalue weighted by Gasteiger charge is -2.15. The summed E-state index contributed by atoms with van der Waals surface area (Å²) in [5, 5.41) is 6.50. The summed E-state index contributed by atoms with van der Waals surface area (Å²) < 4.78 is 0. The van der Waals surface area contributed by atoms with Gasteiger partial charge in [0.15, 0.2) is 0 Å². The van der Waals surface area contributed by atoms with Crippen molar-refractivity contribution >= 4 is 11.6 Å². The van der Waals surface area contributed by atoms with Gasteiger partial charge in [-0.2, -0.15) is 0 Å². The normalized spacial score (nSPS) is 18.2. The Hall–Kier alpha value is -1.35. The van der Waals surface area contributed by atoms with Crippen LogP contribution < -0.4 is 10.6 Å². The first-order valence-corrected chi connectivity index (χ1v) is 7.85. The monoisotopic (exact) mass is 274 g/mol. The van der Waals surface area contributed by atoms with E-state index in [-0.39, 0.29) is 5.91 Å². The highest BCUT2D eigenvalue weighted by molar-refractivity contribution is 5.92. The number of benzene rings is 1. The standard InChI is InChI=1S/C17H26N2O/c1-3-14-6-5-7-15(4-2)17(14)19-16(20)9-8-13-10-11-18-12-13/h5-7,13,18H,3-4,8-12H2,1-2H3,(H,19,20). The van der Waals surface area contributed by atoms with E-state index in [4.69, 9.17) is 0 Å². The van der Waals surface area contributed by atoms with Crippen LogP contribution in [0.1, 0.15) is 44.2 Å². The molecule has 1 unspecified atom stereocenters. The maximum atomic E-state index is 12.2. The lowest BCUT2D eigenvalue weighted by atomic mass is 10.0. The molecule has 1 atom stereocenters. The van der Waals surface area contributed by atoms with Gasteiger partial charge >= 0.3 is 0 Å². The SMILES string of the molecule is CCc1cccc(CC)c1NC(=O)CCC1CCNC1. The molecule has 110 valence electrons. The van der Waals surface area contributed by atoms with Crippen LogP contribution in [0.4, 0.5) is 5.69 Å². The number of para-hydroxylation sites is 1. The zero-order valence-electron chi connectivity index (χ0n) is 12.7. The van der Waals surface area contributed by atoms with Gasteiger partial charge in [0.1, 0.15) is 0 Å². The molecule has 20 heavy (non-hydrogen) atoms. The fraction of sp³-hybridized carbons (Fsp3) is 0.588. The van der Waals surface area contributed by atoms with Gasteiger partial charge in [-0.05, 0) is 55.8 Å². The molecule has 0 spiro atoms. The number of rotatable bonds is 6. The van der Waals surface area contributed by atoms with Crippen LogP contribution in [0.5, 0.6) is 0 Å². The summed E-state index contributed by atoms with van der Waals surface area (Å²) in [6.45, 7) is 6.44. The predicted molar refractivity (Wildman–Crippen MR) is 84.0 cm³/mol. The highest BCUT2D eigenvalue weighted by atomic mass is 16.1. The van der Waals surface area contributed by atoms with E-state index in [1.165, 1.54) is 17.5 Å². The van der Waals surface area contributed by atoms with E-state index in [0.717, 1.165) is 38.0 Å². The quantitative estimate of drug-likeness (QED) is 0.836. The van der Waals surface area contributed by atoms with Gasteiger partial charge in [0.25, 0.3) is 0 Å². The molecule has 1 aromatic carbocycles. The molecule has 1 aliphatic heterocycles. The topological polar surface area (TPSA) is 41.1 Å². The van der Waals surface area contributed by atoms with Gasteiger partial charge in [-0.1, -0.05) is 32.0 Å². The van der Waals surface area contributed by atoms with Gasteiger partial charge < -0.3 is 10.6 Å². The molecule has 0 bridgehead atoms. The third-order valence-electron chi connectivity index (χ3n) is 4.21. The minimum Gasteiger partial charge on any atom is -0.326 e. The number of carbonyl (C=O) groups is 1. The van der Waals surface area contributed by atoms with E-state index in [2.05, 4.69) is 42.7 Å². The van der Waals surface area contributed by atoms with Crippen LogP contribution in [0, 0.1) is 5.92 Å². The average Bonchev–Trinajstić information content (AvgIpc) is 2.98. The van der Waals surface area contributed by atoms with Crippen LogP contribution >= 0.6 is 0 Å². The molecule has 1 fully saturated rings. The number of aryl methyl sites for hydroxylation is 2. The first kappa shape index (κ1) is 15.0. The van der Waals surface area contributed by atoms with Gasteiger partial charge in [0, 0.05) is 12.1 Å². The van der Waals surface area contributed by atoms with Crippen molar-refractivity contribution in [1.29, 1.82) is 0 Å². The largest absolute Gasteiger partial charge is 0.326 e. The summed E-state index contributed by atoms with van der Waals surface area (Å²) in [6.07, 6.45) is 4.74. The fourth-order valence-electron chi connectivity index (χ4n) is 2.90. The predicted octanol–water partition coefficient (Wildman–Crippen LogP) is 3.14. The van der Waals surface area contributed by atoms with Gasteiger partial charge in [-0.3, -0.25) is 4.79 Å². The maximum absolute atomic E-state index is 12.2. The first-order chi connectivity index (χ1) is 9.74. The molecule has 3 nitrogen and oxygen atoms in total. The molecule has 0 radical (unpaired) electrons. The highest BCUT2D eigenvalue weighted by Crippen LogP contribution is 2.23. The summed E-state index contributed by atoms with van der Waals surface area (Å²) in [4.78, 5) is 12.2. The summed E-state index contributed by atoms with van der Waals surface area (Å²) in [7, 11) is 0. The fourth-order valence-corrected chi connectivity index (χ4v) is 2.90. The lowest BCUT2D eigenvalue weighted by molar-refractivity contribution is -0.116. The summed E-state index contributed by atoms with van der Waals surface area (Å²) in [6, 6.07) is 6.29. The Morgan fingerprint density at radius 1 is 1.30 bits per heavy atom. The van der Waals surface area contributed by atoms with Crippen molar-refractivity contribution in [2.24, 2.45) is 5.92 Å². The molecule has 2 N–H and O–H groups in total. The molecule has 1 heterocycles. The molecule has 1 saturated heterocycles. The first-order valence-electron chi connectivity index (χ1n) is 7.85. The molecule has 3 heteroatoms. The molecule has 2 rings (SSSR count). The molecule has 1 aromatic rings. The third kappa shape index (κ3) is 3.83. The minimum absolute atomic E-state index is 0.160. The zero-order chi connectivity index (χ0) is 14.4. The Labute approximate surface area is 122 Å². The van der Waals surface area contributed by atoms with E-state index in [0.29, 0.717) is 12.3 Å². The second-order valence-corrected chi connectivity index (χ2v) is 5.60. The van der Waals surface area contributed by atoms with Gasteiger partial charge in [-0.15, -0.1) is 0 Å². The lowest BCUT2D eigenvalue weighted by Crippen LogP contribution is -2.16. The van der Waals surface area contributed by atoms with Crippen LogP contribution in [-0.4, -0.2) is 19.0 Å². The number of anilines is 1. The summed E-state index contributed by atoms with van der Waals surface area (Å²) >= 11 is 0. The van der Waals surface area contributed by atoms with Crippen molar-refractivity contribution in [2.45, 2.75) is 46.0 Å². The molecule has 1 amide bonds. The Morgan fingerprint density at radius 3 is 2.55 bits per heavy atom. The number of carbonyl (C=O) groups excluding carboxylic acids is 1. The van der Waals surface area contributed by atoms with E-state index in [9.17, 15) is 4.79 Å². The zero-order valence-corrected chi connectivity index (χ0v) is 12.7. The van der Waals surface area contributed by atoms with Crippen molar-refractivity contribution in [1.82, 2.24) is 5.32 Å². The van der Waals surface area contributed by atoms with E-state index < -0.39 is 0 Å². The smallest absolute Gasteiger partial charge is 0.224 e. The molecule has 1 aliphatic rings. The van der Waals surface area contributed by atoms with Crippen LogP contribution in [0.3, 0.4) is 0 Å². The molecule has 0 saturated carbocycles. The van der Waals surface area contributed by atoms with Crippen molar-refractivity contribution in [3.8, 4) is 0 Å². The van der Waals surface area contributed by atoms with Crippen LogP contribution in [0.25, 0.3) is 0 Å². The van der Waals surface area contributed by atoms with Crippen molar-refractivity contribution in [3.63, 3.8) is 0 Å². The second kappa shape index (κ2) is 7.44. The number of hydrogen-bond donors (Lipinski definition) is 2. The molecular weight excluding hydrogens is 248 g/mol. The highest BCUT2D eigenvalue weighted by Gasteiger charge is 2.16. The van der Waals surface area contributed by atoms with Crippen LogP contribution in [0.15, 0.2) is 18.2 Å². The van der Waals surface area contributed by atoms with Crippen molar-refractivity contribution in [2.75, 3.05) is 18.4 Å². The van der Waals surface area contributed by atoms with Gasteiger partial charge in [0.2, 0.25) is 5.91 Å². The van der Waals surface area contributed by atoms with E-state index >= 15 is 0 Å². The van der Waals surface area contributed by atoms with Crippen LogP contribution in [0.2, 0.25) is 0 Å². The Balaban J connectivity index is 1.95. The Kier molecular flexibility index (Phi) is 5.60.